The first-order chi connectivity index (χ1) is 16.4. The van der Waals surface area contributed by atoms with Crippen LogP contribution in [0.25, 0.3) is 22.3 Å². The third-order valence-corrected chi connectivity index (χ3v) is 5.66. The molecule has 0 aliphatic carbocycles. The molecule has 0 saturated carbocycles. The van der Waals surface area contributed by atoms with Gasteiger partial charge < -0.3 is 34.6 Å². The number of phenolic OH excluding ortho intramolecular Hbond substituents is 2. The van der Waals surface area contributed by atoms with Gasteiger partial charge in [0.05, 0.1) is 34.0 Å². The Morgan fingerprint density at radius 3 is 2.44 bits per heavy atom. The molecule has 7 nitrogen and oxygen atoms in total. The maximum absolute atomic E-state index is 11.0. The van der Waals surface area contributed by atoms with E-state index in [-0.39, 0.29) is 31.3 Å². The van der Waals surface area contributed by atoms with E-state index in [4.69, 9.17) is 19.3 Å². The quantitative estimate of drug-likeness (QED) is 0.318. The van der Waals surface area contributed by atoms with Gasteiger partial charge in [0.15, 0.2) is 0 Å². The standard InChI is InChI=1S/C27H31O7/c1-4-20-21(11-12-34-16-18(29)15-28)27(24(31)14-23(20)30)22-9-6-10-25(33-3)26(22)17-7-5-8-19(13-17)32-2/h5-8,10,13-14,18,28-31H,4,11-12,15-16H2,1-3H3. The molecular weight excluding hydrogens is 436 g/mol. The van der Waals surface area contributed by atoms with E-state index in [2.05, 4.69) is 6.07 Å². The first kappa shape index (κ1) is 25.4. The molecule has 1 radical (unpaired) electrons. The fraction of sp³-hybridized carbons (Fsp3) is 0.333. The predicted molar refractivity (Wildman–Crippen MR) is 130 cm³/mol. The first-order valence-corrected chi connectivity index (χ1v) is 11.1. The smallest absolute Gasteiger partial charge is 0.127 e. The third-order valence-electron chi connectivity index (χ3n) is 5.66. The summed E-state index contributed by atoms with van der Waals surface area (Å²) in [7, 11) is 3.18. The van der Waals surface area contributed by atoms with Crippen LogP contribution in [0, 0.1) is 6.07 Å². The van der Waals surface area contributed by atoms with Crippen LogP contribution in [-0.4, -0.2) is 60.6 Å². The number of ether oxygens (including phenoxy) is 3. The average molecular weight is 468 g/mol. The van der Waals surface area contributed by atoms with E-state index in [1.165, 1.54) is 6.07 Å². The molecule has 3 rings (SSSR count). The van der Waals surface area contributed by atoms with E-state index in [1.807, 2.05) is 31.2 Å². The van der Waals surface area contributed by atoms with Crippen LogP contribution in [0.15, 0.2) is 42.5 Å². The molecule has 0 aliphatic heterocycles. The lowest BCUT2D eigenvalue weighted by molar-refractivity contribution is 0.00720. The van der Waals surface area contributed by atoms with Gasteiger partial charge in [0.2, 0.25) is 0 Å². The SMILES string of the molecule is CCc1c(O)cc(O)c(-c2[c]ccc(OC)c2-c2cccc(OC)c2)c1CCOCC(O)CO. The number of rotatable bonds is 11. The molecular formula is C27H31O7. The van der Waals surface area contributed by atoms with Gasteiger partial charge in [-0.3, -0.25) is 0 Å². The highest BCUT2D eigenvalue weighted by atomic mass is 16.5. The minimum atomic E-state index is -0.964. The van der Waals surface area contributed by atoms with Crippen LogP contribution < -0.4 is 9.47 Å². The number of aliphatic hydroxyl groups is 2. The van der Waals surface area contributed by atoms with Crippen molar-refractivity contribution in [1.29, 1.82) is 0 Å². The number of hydrogen-bond acceptors (Lipinski definition) is 7. The van der Waals surface area contributed by atoms with Gasteiger partial charge >= 0.3 is 0 Å². The van der Waals surface area contributed by atoms with Crippen LogP contribution in [0.3, 0.4) is 0 Å². The topological polar surface area (TPSA) is 109 Å². The number of aromatic hydroxyl groups is 2. The fourth-order valence-corrected chi connectivity index (χ4v) is 4.06. The number of aliphatic hydroxyl groups excluding tert-OH is 2. The van der Waals surface area contributed by atoms with Gasteiger partial charge in [-0.2, -0.15) is 0 Å². The van der Waals surface area contributed by atoms with Crippen LogP contribution in [0.5, 0.6) is 23.0 Å². The molecule has 1 unspecified atom stereocenters. The van der Waals surface area contributed by atoms with Gasteiger partial charge in [-0.25, -0.2) is 0 Å². The molecule has 3 aromatic rings. The minimum absolute atomic E-state index is 0.0000284. The molecule has 0 heterocycles. The number of benzene rings is 3. The summed E-state index contributed by atoms with van der Waals surface area (Å²) in [5.74, 6) is 1.18. The Morgan fingerprint density at radius 2 is 1.76 bits per heavy atom. The summed E-state index contributed by atoms with van der Waals surface area (Å²) in [6, 6.07) is 15.7. The van der Waals surface area contributed by atoms with Gasteiger partial charge in [0.25, 0.3) is 0 Å². The Morgan fingerprint density at radius 1 is 0.971 bits per heavy atom. The molecule has 0 aromatic heterocycles. The molecule has 181 valence electrons. The average Bonchev–Trinajstić information content (AvgIpc) is 2.85. The van der Waals surface area contributed by atoms with Gasteiger partial charge in [0, 0.05) is 22.8 Å². The van der Waals surface area contributed by atoms with Crippen LogP contribution in [0.2, 0.25) is 0 Å². The Labute approximate surface area is 199 Å². The van der Waals surface area contributed by atoms with Gasteiger partial charge in [-0.15, -0.1) is 0 Å². The van der Waals surface area contributed by atoms with Gasteiger partial charge in [0.1, 0.15) is 29.1 Å². The number of hydrogen-bond donors (Lipinski definition) is 4. The molecule has 3 aromatic carbocycles. The monoisotopic (exact) mass is 467 g/mol. The van der Waals surface area contributed by atoms with Gasteiger partial charge in [-0.05, 0) is 53.8 Å². The van der Waals surface area contributed by atoms with E-state index in [0.717, 1.165) is 11.1 Å². The van der Waals surface area contributed by atoms with Crippen molar-refractivity contribution in [3.8, 4) is 45.3 Å². The van der Waals surface area contributed by atoms with Crippen LogP contribution in [0.4, 0.5) is 0 Å². The summed E-state index contributed by atoms with van der Waals surface area (Å²) in [6.07, 6.45) is -0.0676. The zero-order valence-electron chi connectivity index (χ0n) is 19.7. The van der Waals surface area contributed by atoms with E-state index in [1.54, 1.807) is 26.4 Å². The highest BCUT2D eigenvalue weighted by Crippen LogP contribution is 2.46. The molecule has 34 heavy (non-hydrogen) atoms. The lowest BCUT2D eigenvalue weighted by Crippen LogP contribution is -2.20. The third kappa shape index (κ3) is 5.44. The Bertz CT molecular complexity index is 1110. The van der Waals surface area contributed by atoms with Crippen molar-refractivity contribution in [3.05, 3.63) is 59.7 Å². The second-order valence-corrected chi connectivity index (χ2v) is 7.79. The van der Waals surface area contributed by atoms with Crippen molar-refractivity contribution in [2.75, 3.05) is 34.0 Å². The Balaban J connectivity index is 2.19. The van der Waals surface area contributed by atoms with Crippen LogP contribution in [0.1, 0.15) is 18.1 Å². The largest absolute Gasteiger partial charge is 0.508 e. The summed E-state index contributed by atoms with van der Waals surface area (Å²) >= 11 is 0. The summed E-state index contributed by atoms with van der Waals surface area (Å²) < 4.78 is 16.6. The van der Waals surface area contributed by atoms with E-state index < -0.39 is 6.10 Å². The molecule has 0 spiro atoms. The van der Waals surface area contributed by atoms with Crippen LogP contribution in [-0.2, 0) is 17.6 Å². The number of methoxy groups -OCH3 is 2. The van der Waals surface area contributed by atoms with E-state index in [9.17, 15) is 15.3 Å². The molecule has 0 bridgehead atoms. The molecule has 7 heteroatoms. The highest BCUT2D eigenvalue weighted by Gasteiger charge is 2.23. The highest BCUT2D eigenvalue weighted by molar-refractivity contribution is 5.91. The lowest BCUT2D eigenvalue weighted by atomic mass is 9.86. The van der Waals surface area contributed by atoms with E-state index >= 15 is 0 Å². The lowest BCUT2D eigenvalue weighted by Gasteiger charge is -2.21. The summed E-state index contributed by atoms with van der Waals surface area (Å²) in [5.41, 5.74) is 4.09. The molecule has 0 amide bonds. The zero-order chi connectivity index (χ0) is 24.7. The normalized spacial score (nSPS) is 11.9. The molecule has 1 atom stereocenters. The molecule has 0 aliphatic rings. The summed E-state index contributed by atoms with van der Waals surface area (Å²) in [6.45, 7) is 1.74. The van der Waals surface area contributed by atoms with Crippen LogP contribution >= 0.6 is 0 Å². The second kappa shape index (κ2) is 11.7. The number of phenols is 2. The molecule has 0 fully saturated rings. The Kier molecular flexibility index (Phi) is 8.76. The molecule has 0 saturated heterocycles. The first-order valence-electron chi connectivity index (χ1n) is 11.1. The fourth-order valence-electron chi connectivity index (χ4n) is 4.06. The zero-order valence-corrected chi connectivity index (χ0v) is 19.7. The maximum Gasteiger partial charge on any atom is 0.127 e. The van der Waals surface area contributed by atoms with E-state index in [0.29, 0.717) is 46.6 Å². The van der Waals surface area contributed by atoms with Crippen molar-refractivity contribution < 1.29 is 34.6 Å². The summed E-state index contributed by atoms with van der Waals surface area (Å²) in [4.78, 5) is 0. The van der Waals surface area contributed by atoms with Crippen molar-refractivity contribution in [3.63, 3.8) is 0 Å². The van der Waals surface area contributed by atoms with Crippen molar-refractivity contribution in [2.45, 2.75) is 25.9 Å². The van der Waals surface area contributed by atoms with Crippen molar-refractivity contribution >= 4 is 0 Å². The molecule has 4 N–H and O–H groups in total. The van der Waals surface area contributed by atoms with Gasteiger partial charge in [-0.1, -0.05) is 25.1 Å². The minimum Gasteiger partial charge on any atom is -0.508 e. The predicted octanol–water partition coefficient (Wildman–Crippen LogP) is 3.72. The van der Waals surface area contributed by atoms with Crippen molar-refractivity contribution in [1.82, 2.24) is 0 Å². The summed E-state index contributed by atoms with van der Waals surface area (Å²) in [5, 5.41) is 40.1. The Hall–Kier alpha value is -3.26. The van der Waals surface area contributed by atoms with Crippen molar-refractivity contribution in [2.24, 2.45) is 0 Å². The second-order valence-electron chi connectivity index (χ2n) is 7.79. The maximum atomic E-state index is 11.0.